The summed E-state index contributed by atoms with van der Waals surface area (Å²) in [6, 6.07) is 9.78. The summed E-state index contributed by atoms with van der Waals surface area (Å²) in [6.45, 7) is 7.24. The van der Waals surface area contributed by atoms with Crippen LogP contribution < -0.4 is 21.1 Å². The first-order chi connectivity index (χ1) is 16.0. The average molecular weight is 444 g/mol. The zero-order chi connectivity index (χ0) is 24.1. The van der Waals surface area contributed by atoms with Crippen molar-refractivity contribution >= 4 is 39.9 Å². The Kier molecular flexibility index (Phi) is 7.13. The number of nitrogens with one attached hydrogen (secondary N) is 1. The Hall–Kier alpha value is -4.12. The Balaban J connectivity index is 0.00000149. The minimum absolute atomic E-state index is 0.112. The summed E-state index contributed by atoms with van der Waals surface area (Å²) in [5.41, 5.74) is 10.8. The maximum atomic E-state index is 12.1. The van der Waals surface area contributed by atoms with Gasteiger partial charge in [-0.25, -0.2) is 4.98 Å². The minimum atomic E-state index is -0.112. The Morgan fingerprint density at radius 2 is 2.03 bits per heavy atom. The van der Waals surface area contributed by atoms with Crippen molar-refractivity contribution in [3.05, 3.63) is 63.7 Å². The number of likely N-dealkylation sites (N-methyl/N-ethyl adjacent to an activating group) is 1. The quantitative estimate of drug-likeness (QED) is 0.596. The molecule has 1 aliphatic heterocycles. The lowest BCUT2D eigenvalue weighted by atomic mass is 9.97. The number of pyridine rings is 2. The zero-order valence-electron chi connectivity index (χ0n) is 19.7. The van der Waals surface area contributed by atoms with Gasteiger partial charge >= 0.3 is 0 Å². The molecule has 1 aromatic carbocycles. The third kappa shape index (κ3) is 4.30. The fourth-order valence-electron chi connectivity index (χ4n) is 3.91. The number of aliphatic imine (C=N–C) groups is 1. The van der Waals surface area contributed by atoms with E-state index in [9.17, 15) is 10.1 Å². The number of hydrogen-bond acceptors (Lipinski definition) is 7. The van der Waals surface area contributed by atoms with Crippen LogP contribution in [0.3, 0.4) is 0 Å². The second-order valence-electron chi connectivity index (χ2n) is 7.46. The number of nitrogens with two attached hydrogens (primary N) is 1. The third-order valence-corrected chi connectivity index (χ3v) is 5.55. The van der Waals surface area contributed by atoms with Crippen LogP contribution in [0.5, 0.6) is 0 Å². The summed E-state index contributed by atoms with van der Waals surface area (Å²) in [5, 5.41) is 10.7. The minimum Gasteiger partial charge on any atom is -0.404 e. The highest BCUT2D eigenvalue weighted by Gasteiger charge is 2.26. The molecule has 0 unspecified atom stereocenters. The summed E-state index contributed by atoms with van der Waals surface area (Å²) in [6.07, 6.45) is 4.80. The number of rotatable bonds is 3. The number of H-pyrrole nitrogens is 1. The number of fused-ring (bicyclic) bond motifs is 2. The van der Waals surface area contributed by atoms with E-state index in [0.717, 1.165) is 40.2 Å². The van der Waals surface area contributed by atoms with Crippen molar-refractivity contribution in [1.82, 2.24) is 9.97 Å². The van der Waals surface area contributed by atoms with Gasteiger partial charge in [0.15, 0.2) is 0 Å². The molecule has 3 N–H and O–H groups in total. The molecule has 0 saturated carbocycles. The fourth-order valence-corrected chi connectivity index (χ4v) is 3.91. The van der Waals surface area contributed by atoms with Crippen LogP contribution >= 0.6 is 0 Å². The summed E-state index contributed by atoms with van der Waals surface area (Å²) < 4.78 is 0. The van der Waals surface area contributed by atoms with Gasteiger partial charge in [0, 0.05) is 67.9 Å². The molecular formula is C25H29N7O. The van der Waals surface area contributed by atoms with E-state index < -0.39 is 0 Å². The molecule has 170 valence electrons. The molecule has 0 atom stereocenters. The van der Waals surface area contributed by atoms with Gasteiger partial charge in [-0.15, -0.1) is 0 Å². The maximum absolute atomic E-state index is 12.1. The Bertz CT molecular complexity index is 1330. The summed E-state index contributed by atoms with van der Waals surface area (Å²) >= 11 is 0. The van der Waals surface area contributed by atoms with Crippen LogP contribution in [0.25, 0.3) is 16.5 Å². The predicted octanol–water partition coefficient (Wildman–Crippen LogP) is 3.72. The molecule has 3 heterocycles. The molecule has 1 aliphatic rings. The van der Waals surface area contributed by atoms with E-state index in [1.54, 1.807) is 32.4 Å². The molecule has 0 amide bonds. The number of nitrogens with zero attached hydrogens (tertiary/aromatic N) is 5. The van der Waals surface area contributed by atoms with Gasteiger partial charge in [0.2, 0.25) is 0 Å². The number of aromatic nitrogens is 2. The lowest BCUT2D eigenvalue weighted by Gasteiger charge is -2.37. The van der Waals surface area contributed by atoms with Gasteiger partial charge in [-0.2, -0.15) is 5.26 Å². The summed E-state index contributed by atoms with van der Waals surface area (Å²) in [5.74, 6) is 0.743. The van der Waals surface area contributed by atoms with E-state index >= 15 is 0 Å². The highest BCUT2D eigenvalue weighted by Crippen LogP contribution is 2.41. The monoisotopic (exact) mass is 443 g/mol. The molecule has 8 heteroatoms. The molecule has 0 aliphatic carbocycles. The Morgan fingerprint density at radius 1 is 1.27 bits per heavy atom. The molecule has 0 fully saturated rings. The van der Waals surface area contributed by atoms with Crippen molar-refractivity contribution in [2.45, 2.75) is 20.8 Å². The van der Waals surface area contributed by atoms with Crippen LogP contribution in [0.2, 0.25) is 0 Å². The van der Waals surface area contributed by atoms with Crippen molar-refractivity contribution in [2.75, 3.05) is 37.0 Å². The topological polar surface area (TPSA) is 114 Å². The number of nitriles is 1. The van der Waals surface area contributed by atoms with Crippen molar-refractivity contribution in [3.8, 4) is 6.07 Å². The van der Waals surface area contributed by atoms with Gasteiger partial charge in [-0.05, 0) is 31.2 Å². The maximum Gasteiger partial charge on any atom is 0.251 e. The van der Waals surface area contributed by atoms with Crippen molar-refractivity contribution in [3.63, 3.8) is 0 Å². The van der Waals surface area contributed by atoms with Gasteiger partial charge in [-0.3, -0.25) is 9.79 Å². The Morgan fingerprint density at radius 3 is 2.70 bits per heavy atom. The molecule has 0 saturated heterocycles. The standard InChI is InChI=1S/C23H23N7O.C2H6/c1-14-8-18-19(28-23(14)31)4-5-27-22(18)30-7-6-29(3)20-10-17(16(12-25)13-26-2)15(11-24)9-21(20)30;1-2/h4-5,8-10,12-13H,6-7,25H2,1-3H3,(H,28,31);1-2H3/b16-12+,26-13?;. The summed E-state index contributed by atoms with van der Waals surface area (Å²) in [4.78, 5) is 27.9. The van der Waals surface area contributed by atoms with Gasteiger partial charge in [0.05, 0.1) is 28.5 Å². The van der Waals surface area contributed by atoms with Gasteiger partial charge in [0.1, 0.15) is 5.82 Å². The SMILES string of the molecule is CC.CN=C/C(=C\N)c1cc2c(cc1C#N)N(c1nccc3[nH]c(=O)c(C)cc13)CCN2C. The van der Waals surface area contributed by atoms with Gasteiger partial charge < -0.3 is 20.5 Å². The molecular weight excluding hydrogens is 414 g/mol. The van der Waals surface area contributed by atoms with E-state index in [0.29, 0.717) is 23.2 Å². The highest BCUT2D eigenvalue weighted by atomic mass is 16.1. The van der Waals surface area contributed by atoms with E-state index in [-0.39, 0.29) is 5.56 Å². The number of anilines is 3. The van der Waals surface area contributed by atoms with Crippen LogP contribution in [0.1, 0.15) is 30.5 Å². The van der Waals surface area contributed by atoms with E-state index in [2.05, 4.69) is 30.8 Å². The van der Waals surface area contributed by atoms with Crippen LogP contribution in [0.15, 0.2) is 46.4 Å². The number of hydrogen-bond donors (Lipinski definition) is 2. The van der Waals surface area contributed by atoms with Crippen LogP contribution in [0, 0.1) is 18.3 Å². The molecule has 0 bridgehead atoms. The van der Waals surface area contributed by atoms with Crippen LogP contribution in [0.4, 0.5) is 17.2 Å². The molecule has 4 rings (SSSR count). The van der Waals surface area contributed by atoms with Gasteiger partial charge in [0.25, 0.3) is 5.56 Å². The number of benzene rings is 1. The van der Waals surface area contributed by atoms with Gasteiger partial charge in [-0.1, -0.05) is 13.8 Å². The van der Waals surface area contributed by atoms with Crippen molar-refractivity contribution in [1.29, 1.82) is 5.26 Å². The third-order valence-electron chi connectivity index (χ3n) is 5.55. The van der Waals surface area contributed by atoms with Crippen LogP contribution in [-0.4, -0.2) is 43.4 Å². The summed E-state index contributed by atoms with van der Waals surface area (Å²) in [7, 11) is 3.68. The average Bonchev–Trinajstić information content (AvgIpc) is 2.84. The van der Waals surface area contributed by atoms with E-state index in [1.165, 1.54) is 6.20 Å². The molecule has 2 aromatic heterocycles. The number of allylic oxidation sites excluding steroid dienone is 1. The molecule has 0 spiro atoms. The number of aryl methyl sites for hydroxylation is 1. The fraction of sp³-hybridized carbons (Fsp3) is 0.280. The smallest absolute Gasteiger partial charge is 0.251 e. The predicted molar refractivity (Wildman–Crippen MR) is 136 cm³/mol. The molecule has 33 heavy (non-hydrogen) atoms. The van der Waals surface area contributed by atoms with E-state index in [4.69, 9.17) is 5.73 Å². The second-order valence-corrected chi connectivity index (χ2v) is 7.46. The lowest BCUT2D eigenvalue weighted by molar-refractivity contribution is 0.815. The largest absolute Gasteiger partial charge is 0.404 e. The highest BCUT2D eigenvalue weighted by molar-refractivity contribution is 6.11. The van der Waals surface area contributed by atoms with E-state index in [1.807, 2.05) is 39.1 Å². The van der Waals surface area contributed by atoms with Crippen LogP contribution in [-0.2, 0) is 0 Å². The molecule has 8 nitrogen and oxygen atoms in total. The Labute approximate surface area is 193 Å². The normalized spacial score (nSPS) is 13.5. The lowest BCUT2D eigenvalue weighted by Crippen LogP contribution is -2.37. The van der Waals surface area contributed by atoms with Crippen molar-refractivity contribution in [2.24, 2.45) is 10.7 Å². The second kappa shape index (κ2) is 10.0. The first kappa shape index (κ1) is 23.5. The molecule has 3 aromatic rings. The van der Waals surface area contributed by atoms with Crippen molar-refractivity contribution < 1.29 is 0 Å². The number of aromatic amines is 1. The zero-order valence-corrected chi connectivity index (χ0v) is 19.7. The first-order valence-corrected chi connectivity index (χ1v) is 10.9. The first-order valence-electron chi connectivity index (χ1n) is 10.9. The molecule has 0 radical (unpaired) electrons.